The number of rotatable bonds is 5. The number of aromatic nitrogens is 2. The third kappa shape index (κ3) is 5.31. The molecule has 1 N–H and O–H groups in total. The quantitative estimate of drug-likeness (QED) is 0.317. The van der Waals surface area contributed by atoms with Gasteiger partial charge in [-0.15, -0.1) is 24.0 Å². The lowest BCUT2D eigenvalue weighted by Gasteiger charge is -2.34. The normalized spacial score (nSPS) is 17.1. The summed E-state index contributed by atoms with van der Waals surface area (Å²) in [6.07, 6.45) is 4.86. The number of fused-ring (bicyclic) bond motifs is 1. The van der Waals surface area contributed by atoms with Crippen LogP contribution in [0.2, 0.25) is 0 Å². The molecule has 2 aromatic carbocycles. The average Bonchev–Trinajstić information content (AvgIpc) is 3.20. The highest BCUT2D eigenvalue weighted by molar-refractivity contribution is 14.0. The minimum absolute atomic E-state index is 0. The van der Waals surface area contributed by atoms with E-state index in [9.17, 15) is 0 Å². The van der Waals surface area contributed by atoms with E-state index in [1.807, 2.05) is 24.1 Å². The predicted octanol–water partition coefficient (Wildman–Crippen LogP) is 3.77. The maximum absolute atomic E-state index is 5.98. The molecule has 0 radical (unpaired) electrons. The summed E-state index contributed by atoms with van der Waals surface area (Å²) in [6.45, 7) is 6.03. The molecule has 1 saturated heterocycles. The topological polar surface area (TPSA) is 54.7 Å². The van der Waals surface area contributed by atoms with Crippen molar-refractivity contribution in [3.05, 3.63) is 66.0 Å². The number of aryl methyl sites for hydroxylation is 1. The van der Waals surface area contributed by atoms with Crippen molar-refractivity contribution < 1.29 is 4.74 Å². The molecule has 30 heavy (non-hydrogen) atoms. The van der Waals surface area contributed by atoms with Gasteiger partial charge in [0.05, 0.1) is 19.3 Å². The molecule has 160 valence electrons. The van der Waals surface area contributed by atoms with E-state index in [1.165, 1.54) is 16.3 Å². The van der Waals surface area contributed by atoms with Crippen LogP contribution in [0.15, 0.2) is 59.9 Å². The van der Waals surface area contributed by atoms with Crippen molar-refractivity contribution in [1.82, 2.24) is 20.0 Å². The molecule has 2 heterocycles. The van der Waals surface area contributed by atoms with Crippen molar-refractivity contribution in [2.24, 2.45) is 12.0 Å². The SMILES string of the molecule is CCNC(=NCCc1cccc2ccccc12)N1CCOC(c2cnn(C)c2)C1.I. The Morgan fingerprint density at radius 1 is 1.23 bits per heavy atom. The molecule has 0 spiro atoms. The molecule has 1 aliphatic heterocycles. The molecule has 0 bridgehead atoms. The fourth-order valence-corrected chi connectivity index (χ4v) is 3.87. The molecule has 0 saturated carbocycles. The van der Waals surface area contributed by atoms with Gasteiger partial charge in [-0.2, -0.15) is 5.10 Å². The van der Waals surface area contributed by atoms with Crippen LogP contribution in [-0.4, -0.2) is 53.4 Å². The van der Waals surface area contributed by atoms with Crippen LogP contribution in [0.5, 0.6) is 0 Å². The first kappa shape index (κ1) is 22.6. The number of hydrogen-bond acceptors (Lipinski definition) is 3. The van der Waals surface area contributed by atoms with E-state index in [0.29, 0.717) is 6.61 Å². The third-order valence-corrected chi connectivity index (χ3v) is 5.32. The second-order valence-corrected chi connectivity index (χ2v) is 7.38. The zero-order chi connectivity index (χ0) is 20.1. The second-order valence-electron chi connectivity index (χ2n) is 7.38. The van der Waals surface area contributed by atoms with Gasteiger partial charge in [-0.3, -0.25) is 9.67 Å². The minimum Gasteiger partial charge on any atom is -0.370 e. The number of nitrogens with one attached hydrogen (secondary N) is 1. The Morgan fingerprint density at radius 2 is 2.07 bits per heavy atom. The van der Waals surface area contributed by atoms with E-state index in [2.05, 4.69) is 64.7 Å². The number of benzene rings is 2. The first-order valence-corrected chi connectivity index (χ1v) is 10.3. The fourth-order valence-electron chi connectivity index (χ4n) is 3.87. The van der Waals surface area contributed by atoms with Gasteiger partial charge < -0.3 is 15.0 Å². The number of hydrogen-bond donors (Lipinski definition) is 1. The second kappa shape index (κ2) is 10.8. The average molecular weight is 519 g/mol. The predicted molar refractivity (Wildman–Crippen MR) is 133 cm³/mol. The lowest BCUT2D eigenvalue weighted by Crippen LogP contribution is -2.48. The van der Waals surface area contributed by atoms with Crippen LogP contribution >= 0.6 is 24.0 Å². The lowest BCUT2D eigenvalue weighted by atomic mass is 10.0. The van der Waals surface area contributed by atoms with E-state index in [1.54, 1.807) is 0 Å². The van der Waals surface area contributed by atoms with Crippen LogP contribution < -0.4 is 5.32 Å². The zero-order valence-corrected chi connectivity index (χ0v) is 20.0. The van der Waals surface area contributed by atoms with E-state index in [-0.39, 0.29) is 30.1 Å². The standard InChI is InChI=1S/C23H29N5O.HI/c1-3-24-23(28-13-14-29-22(17-28)20-15-26-27(2)16-20)25-12-11-19-9-6-8-18-7-4-5-10-21(18)19;/h4-10,15-16,22H,3,11-14,17H2,1-2H3,(H,24,25);1H. The van der Waals surface area contributed by atoms with Crippen molar-refractivity contribution in [3.63, 3.8) is 0 Å². The van der Waals surface area contributed by atoms with Crippen LogP contribution in [0.4, 0.5) is 0 Å². The van der Waals surface area contributed by atoms with Gasteiger partial charge in [0.1, 0.15) is 6.10 Å². The lowest BCUT2D eigenvalue weighted by molar-refractivity contribution is -0.00803. The molecule has 7 heteroatoms. The third-order valence-electron chi connectivity index (χ3n) is 5.32. The summed E-state index contributed by atoms with van der Waals surface area (Å²) in [5, 5.41) is 10.3. The Labute approximate surface area is 195 Å². The Hall–Kier alpha value is -2.13. The Kier molecular flexibility index (Phi) is 8.09. The summed E-state index contributed by atoms with van der Waals surface area (Å²) in [6, 6.07) is 15.1. The Balaban J connectivity index is 0.00000256. The maximum Gasteiger partial charge on any atom is 0.194 e. The molecule has 3 aromatic rings. The first-order valence-electron chi connectivity index (χ1n) is 10.3. The Morgan fingerprint density at radius 3 is 2.87 bits per heavy atom. The number of nitrogens with zero attached hydrogens (tertiary/aromatic N) is 4. The monoisotopic (exact) mass is 519 g/mol. The fraction of sp³-hybridized carbons (Fsp3) is 0.391. The summed E-state index contributed by atoms with van der Waals surface area (Å²) < 4.78 is 7.80. The molecular weight excluding hydrogens is 489 g/mol. The van der Waals surface area contributed by atoms with Gasteiger partial charge in [0, 0.05) is 38.4 Å². The van der Waals surface area contributed by atoms with E-state index in [0.717, 1.165) is 44.1 Å². The van der Waals surface area contributed by atoms with E-state index >= 15 is 0 Å². The van der Waals surface area contributed by atoms with Crippen molar-refractivity contribution in [2.75, 3.05) is 32.8 Å². The van der Waals surface area contributed by atoms with Crippen LogP contribution in [0.3, 0.4) is 0 Å². The zero-order valence-electron chi connectivity index (χ0n) is 17.6. The molecule has 0 aliphatic carbocycles. The smallest absolute Gasteiger partial charge is 0.194 e. The number of halogens is 1. The van der Waals surface area contributed by atoms with Gasteiger partial charge in [0.25, 0.3) is 0 Å². The van der Waals surface area contributed by atoms with Gasteiger partial charge in [-0.1, -0.05) is 42.5 Å². The van der Waals surface area contributed by atoms with Crippen molar-refractivity contribution in [2.45, 2.75) is 19.4 Å². The van der Waals surface area contributed by atoms with Crippen LogP contribution in [0.1, 0.15) is 24.2 Å². The molecule has 6 nitrogen and oxygen atoms in total. The number of aliphatic imine (C=N–C) groups is 1. The summed E-state index contributed by atoms with van der Waals surface area (Å²) in [5.41, 5.74) is 2.46. The molecule has 1 unspecified atom stereocenters. The number of morpholine rings is 1. The summed E-state index contributed by atoms with van der Waals surface area (Å²) in [4.78, 5) is 7.23. The molecular formula is C23H30IN5O. The Bertz CT molecular complexity index is 981. The molecule has 1 fully saturated rings. The summed E-state index contributed by atoms with van der Waals surface area (Å²) in [7, 11) is 1.93. The van der Waals surface area contributed by atoms with E-state index < -0.39 is 0 Å². The number of guanidine groups is 1. The van der Waals surface area contributed by atoms with E-state index in [4.69, 9.17) is 9.73 Å². The van der Waals surface area contributed by atoms with Crippen LogP contribution in [0.25, 0.3) is 10.8 Å². The highest BCUT2D eigenvalue weighted by Gasteiger charge is 2.25. The summed E-state index contributed by atoms with van der Waals surface area (Å²) in [5.74, 6) is 0.963. The van der Waals surface area contributed by atoms with Gasteiger partial charge in [-0.25, -0.2) is 0 Å². The molecule has 0 amide bonds. The van der Waals surface area contributed by atoms with Crippen molar-refractivity contribution in [3.8, 4) is 0 Å². The molecule has 1 aromatic heterocycles. The maximum atomic E-state index is 5.98. The van der Waals surface area contributed by atoms with Crippen molar-refractivity contribution >= 4 is 40.7 Å². The highest BCUT2D eigenvalue weighted by atomic mass is 127. The highest BCUT2D eigenvalue weighted by Crippen LogP contribution is 2.22. The number of ether oxygens (including phenoxy) is 1. The minimum atomic E-state index is 0. The molecule has 1 aliphatic rings. The van der Waals surface area contributed by atoms with Gasteiger partial charge in [0.15, 0.2) is 5.96 Å². The molecule has 4 rings (SSSR count). The van der Waals surface area contributed by atoms with Gasteiger partial charge >= 0.3 is 0 Å². The first-order chi connectivity index (χ1) is 14.2. The molecule has 1 atom stereocenters. The van der Waals surface area contributed by atoms with Gasteiger partial charge in [0.2, 0.25) is 0 Å². The summed E-state index contributed by atoms with van der Waals surface area (Å²) >= 11 is 0. The van der Waals surface area contributed by atoms with Crippen LogP contribution in [-0.2, 0) is 18.2 Å². The van der Waals surface area contributed by atoms with Crippen LogP contribution in [0, 0.1) is 0 Å². The van der Waals surface area contributed by atoms with Gasteiger partial charge in [-0.05, 0) is 29.7 Å². The van der Waals surface area contributed by atoms with Crippen molar-refractivity contribution in [1.29, 1.82) is 0 Å². The largest absolute Gasteiger partial charge is 0.370 e.